The maximum atomic E-state index is 4.36. The molecule has 0 atom stereocenters. The van der Waals surface area contributed by atoms with E-state index >= 15 is 0 Å². The van der Waals surface area contributed by atoms with Crippen molar-refractivity contribution in [3.8, 4) is 11.4 Å². The molecule has 0 saturated heterocycles. The van der Waals surface area contributed by atoms with Crippen molar-refractivity contribution in [1.29, 1.82) is 0 Å². The first-order valence-corrected chi connectivity index (χ1v) is 5.03. The molecule has 0 bridgehead atoms. The molecule has 2 aromatic rings. The van der Waals surface area contributed by atoms with Crippen LogP contribution < -0.4 is 5.32 Å². The Balaban J connectivity index is 2.48. The summed E-state index contributed by atoms with van der Waals surface area (Å²) >= 11 is 0. The van der Waals surface area contributed by atoms with Crippen LogP contribution in [0.25, 0.3) is 11.4 Å². The van der Waals surface area contributed by atoms with E-state index in [0.29, 0.717) is 0 Å². The first-order valence-electron chi connectivity index (χ1n) is 5.03. The van der Waals surface area contributed by atoms with Gasteiger partial charge in [0.15, 0.2) is 0 Å². The van der Waals surface area contributed by atoms with Crippen LogP contribution in [0.1, 0.15) is 5.56 Å². The molecule has 0 radical (unpaired) electrons. The van der Waals surface area contributed by atoms with Gasteiger partial charge in [-0.25, -0.2) is 4.98 Å². The van der Waals surface area contributed by atoms with Crippen molar-refractivity contribution in [2.75, 3.05) is 7.05 Å². The summed E-state index contributed by atoms with van der Waals surface area (Å²) in [6, 6.07) is 8.33. The van der Waals surface area contributed by atoms with Crippen LogP contribution in [0.5, 0.6) is 0 Å². The SMILES string of the molecule is CNCc1ccccc1-c1nccn1C. The second-order valence-electron chi connectivity index (χ2n) is 3.55. The maximum Gasteiger partial charge on any atom is 0.139 e. The number of aryl methyl sites for hydroxylation is 1. The molecule has 0 saturated carbocycles. The van der Waals surface area contributed by atoms with Crippen LogP contribution in [-0.2, 0) is 13.6 Å². The summed E-state index contributed by atoms with van der Waals surface area (Å²) in [4.78, 5) is 4.36. The minimum Gasteiger partial charge on any atom is -0.334 e. The zero-order valence-corrected chi connectivity index (χ0v) is 9.07. The van der Waals surface area contributed by atoms with Crippen LogP contribution in [-0.4, -0.2) is 16.6 Å². The molecule has 0 aliphatic carbocycles. The monoisotopic (exact) mass is 201 g/mol. The minimum absolute atomic E-state index is 0.864. The molecule has 1 heterocycles. The predicted molar refractivity (Wildman–Crippen MR) is 61.4 cm³/mol. The van der Waals surface area contributed by atoms with Crippen LogP contribution >= 0.6 is 0 Å². The highest BCUT2D eigenvalue weighted by molar-refractivity contribution is 5.60. The summed E-state index contributed by atoms with van der Waals surface area (Å²) in [5.41, 5.74) is 2.47. The van der Waals surface area contributed by atoms with Crippen molar-refractivity contribution in [3.63, 3.8) is 0 Å². The summed E-state index contributed by atoms with van der Waals surface area (Å²) in [6.45, 7) is 0.864. The third kappa shape index (κ3) is 1.92. The van der Waals surface area contributed by atoms with Gasteiger partial charge in [0.1, 0.15) is 5.82 Å². The van der Waals surface area contributed by atoms with Gasteiger partial charge in [-0.05, 0) is 12.6 Å². The molecule has 0 amide bonds. The van der Waals surface area contributed by atoms with Crippen molar-refractivity contribution >= 4 is 0 Å². The van der Waals surface area contributed by atoms with Crippen LogP contribution in [0.3, 0.4) is 0 Å². The van der Waals surface area contributed by atoms with E-state index in [9.17, 15) is 0 Å². The lowest BCUT2D eigenvalue weighted by atomic mass is 10.1. The lowest BCUT2D eigenvalue weighted by Crippen LogP contribution is -2.07. The van der Waals surface area contributed by atoms with Crippen LogP contribution in [0.4, 0.5) is 0 Å². The Morgan fingerprint density at radius 1 is 1.33 bits per heavy atom. The first kappa shape index (κ1) is 9.93. The Hall–Kier alpha value is -1.61. The van der Waals surface area contributed by atoms with Crippen LogP contribution in [0.2, 0.25) is 0 Å². The van der Waals surface area contributed by atoms with Gasteiger partial charge in [0.2, 0.25) is 0 Å². The van der Waals surface area contributed by atoms with E-state index in [1.807, 2.05) is 37.1 Å². The summed E-state index contributed by atoms with van der Waals surface area (Å²) in [6.07, 6.45) is 3.79. The van der Waals surface area contributed by atoms with Crippen LogP contribution in [0, 0.1) is 0 Å². The smallest absolute Gasteiger partial charge is 0.139 e. The first-order chi connectivity index (χ1) is 7.33. The minimum atomic E-state index is 0.864. The molecule has 3 nitrogen and oxygen atoms in total. The van der Waals surface area contributed by atoms with Crippen molar-refractivity contribution < 1.29 is 0 Å². The summed E-state index contributed by atoms with van der Waals surface area (Å²) in [7, 11) is 3.97. The highest BCUT2D eigenvalue weighted by Gasteiger charge is 2.07. The molecule has 15 heavy (non-hydrogen) atoms. The van der Waals surface area contributed by atoms with E-state index in [-0.39, 0.29) is 0 Å². The molecule has 78 valence electrons. The normalized spacial score (nSPS) is 10.5. The topological polar surface area (TPSA) is 29.9 Å². The number of hydrogen-bond acceptors (Lipinski definition) is 2. The standard InChI is InChI=1S/C12H15N3/c1-13-9-10-5-3-4-6-11(10)12-14-7-8-15(12)2/h3-8,13H,9H2,1-2H3. The largest absolute Gasteiger partial charge is 0.334 e. The highest BCUT2D eigenvalue weighted by atomic mass is 15.0. The number of hydrogen-bond donors (Lipinski definition) is 1. The number of nitrogens with zero attached hydrogens (tertiary/aromatic N) is 2. The molecule has 1 aromatic heterocycles. The molecule has 0 unspecified atom stereocenters. The molecular weight excluding hydrogens is 186 g/mol. The van der Waals surface area contributed by atoms with Gasteiger partial charge in [-0.3, -0.25) is 0 Å². The van der Waals surface area contributed by atoms with Gasteiger partial charge in [0, 0.05) is 31.5 Å². The Morgan fingerprint density at radius 2 is 2.13 bits per heavy atom. The van der Waals surface area contributed by atoms with Gasteiger partial charge < -0.3 is 9.88 Å². The van der Waals surface area contributed by atoms with E-state index in [0.717, 1.165) is 12.4 Å². The number of aromatic nitrogens is 2. The van der Waals surface area contributed by atoms with Gasteiger partial charge >= 0.3 is 0 Å². The molecule has 0 aliphatic rings. The molecule has 0 spiro atoms. The fourth-order valence-corrected chi connectivity index (χ4v) is 1.71. The zero-order valence-electron chi connectivity index (χ0n) is 9.07. The number of imidazole rings is 1. The molecule has 0 fully saturated rings. The third-order valence-corrected chi connectivity index (χ3v) is 2.45. The molecule has 0 aliphatic heterocycles. The van der Waals surface area contributed by atoms with Crippen LogP contribution in [0.15, 0.2) is 36.7 Å². The molecular formula is C12H15N3. The molecule has 2 rings (SSSR count). The molecule has 3 heteroatoms. The average molecular weight is 201 g/mol. The fourth-order valence-electron chi connectivity index (χ4n) is 1.71. The van der Waals surface area contributed by atoms with Gasteiger partial charge in [-0.1, -0.05) is 24.3 Å². The summed E-state index contributed by atoms with van der Waals surface area (Å²) in [5, 5.41) is 3.17. The number of rotatable bonds is 3. The summed E-state index contributed by atoms with van der Waals surface area (Å²) < 4.78 is 2.04. The predicted octanol–water partition coefficient (Wildman–Crippen LogP) is 1.81. The fraction of sp³-hybridized carbons (Fsp3) is 0.250. The van der Waals surface area contributed by atoms with E-state index in [1.54, 1.807) is 0 Å². The Bertz CT molecular complexity index is 446. The van der Waals surface area contributed by atoms with Crippen molar-refractivity contribution in [1.82, 2.24) is 14.9 Å². The average Bonchev–Trinajstić information content (AvgIpc) is 2.66. The van der Waals surface area contributed by atoms with Gasteiger partial charge in [-0.15, -0.1) is 0 Å². The lowest BCUT2D eigenvalue weighted by molar-refractivity contribution is 0.815. The van der Waals surface area contributed by atoms with Crippen molar-refractivity contribution in [3.05, 3.63) is 42.2 Å². The zero-order chi connectivity index (χ0) is 10.7. The number of benzene rings is 1. The van der Waals surface area contributed by atoms with E-state index < -0.39 is 0 Å². The Morgan fingerprint density at radius 3 is 2.80 bits per heavy atom. The quantitative estimate of drug-likeness (QED) is 0.820. The van der Waals surface area contributed by atoms with Gasteiger partial charge in [0.05, 0.1) is 0 Å². The number of nitrogens with one attached hydrogen (secondary N) is 1. The van der Waals surface area contributed by atoms with E-state index in [2.05, 4.69) is 28.5 Å². The second kappa shape index (κ2) is 4.28. The Labute approximate surface area is 89.8 Å². The van der Waals surface area contributed by atoms with Crippen molar-refractivity contribution in [2.45, 2.75) is 6.54 Å². The van der Waals surface area contributed by atoms with Gasteiger partial charge in [0.25, 0.3) is 0 Å². The highest BCUT2D eigenvalue weighted by Crippen LogP contribution is 2.21. The van der Waals surface area contributed by atoms with E-state index in [1.165, 1.54) is 11.1 Å². The third-order valence-electron chi connectivity index (χ3n) is 2.45. The Kier molecular flexibility index (Phi) is 2.83. The van der Waals surface area contributed by atoms with Gasteiger partial charge in [-0.2, -0.15) is 0 Å². The maximum absolute atomic E-state index is 4.36. The second-order valence-corrected chi connectivity index (χ2v) is 3.55. The van der Waals surface area contributed by atoms with E-state index in [4.69, 9.17) is 0 Å². The molecule has 1 aromatic carbocycles. The summed E-state index contributed by atoms with van der Waals surface area (Å²) in [5.74, 6) is 1.01. The van der Waals surface area contributed by atoms with Crippen molar-refractivity contribution in [2.24, 2.45) is 7.05 Å². The molecule has 1 N–H and O–H groups in total. The lowest BCUT2D eigenvalue weighted by Gasteiger charge is -2.08.